The maximum Gasteiger partial charge on any atom is 0.453 e. The summed E-state index contributed by atoms with van der Waals surface area (Å²) in [5, 5.41) is -0.0563. The van der Waals surface area contributed by atoms with Crippen molar-refractivity contribution < 1.29 is 36.2 Å². The third-order valence-electron chi connectivity index (χ3n) is 6.03. The molecule has 5 rings (SSSR count). The van der Waals surface area contributed by atoms with E-state index in [1.54, 1.807) is 12.1 Å². The van der Waals surface area contributed by atoms with Gasteiger partial charge in [0.2, 0.25) is 11.2 Å². The lowest BCUT2D eigenvalue weighted by Crippen LogP contribution is -2.34. The van der Waals surface area contributed by atoms with Gasteiger partial charge in [0, 0.05) is 13.1 Å². The molecule has 0 atom stereocenters. The second-order valence-electron chi connectivity index (χ2n) is 8.49. The summed E-state index contributed by atoms with van der Waals surface area (Å²) in [6.07, 6.45) is -4.42. The summed E-state index contributed by atoms with van der Waals surface area (Å²) in [5.74, 6) is -1.98. The molecule has 0 saturated carbocycles. The van der Waals surface area contributed by atoms with Gasteiger partial charge in [-0.1, -0.05) is 12.1 Å². The van der Waals surface area contributed by atoms with E-state index in [4.69, 9.17) is 18.6 Å². The maximum absolute atomic E-state index is 14.0. The summed E-state index contributed by atoms with van der Waals surface area (Å²) in [6.45, 7) is 0.901. The van der Waals surface area contributed by atoms with Crippen LogP contribution in [0.4, 0.5) is 17.6 Å². The van der Waals surface area contributed by atoms with Crippen molar-refractivity contribution in [2.24, 2.45) is 0 Å². The van der Waals surface area contributed by atoms with Crippen molar-refractivity contribution in [2.75, 3.05) is 20.4 Å². The van der Waals surface area contributed by atoms with Crippen LogP contribution in [0, 0.1) is 5.82 Å². The van der Waals surface area contributed by atoms with Crippen molar-refractivity contribution in [1.29, 1.82) is 0 Å². The average molecular weight is 515 g/mol. The van der Waals surface area contributed by atoms with E-state index < -0.39 is 23.1 Å². The molecule has 4 aromatic rings. The number of alkyl halides is 3. The number of benzene rings is 3. The normalized spacial score (nSPS) is 13.8. The van der Waals surface area contributed by atoms with Crippen molar-refractivity contribution in [2.45, 2.75) is 19.1 Å². The Hall–Kier alpha value is -4.05. The fraction of sp³-hybridized carbons (Fsp3) is 0.222. The Kier molecular flexibility index (Phi) is 6.51. The van der Waals surface area contributed by atoms with E-state index in [0.717, 1.165) is 5.56 Å². The van der Waals surface area contributed by atoms with Crippen LogP contribution in [0.3, 0.4) is 0 Å². The van der Waals surface area contributed by atoms with Crippen molar-refractivity contribution in [3.8, 4) is 23.0 Å². The molecule has 1 aromatic heterocycles. The molecule has 0 spiro atoms. The van der Waals surface area contributed by atoms with Crippen LogP contribution < -0.4 is 19.6 Å². The smallest absolute Gasteiger partial charge is 0.453 e. The zero-order chi connectivity index (χ0) is 26.2. The Bertz CT molecular complexity index is 1480. The number of hydrogen-bond donors (Lipinski definition) is 0. The van der Waals surface area contributed by atoms with Gasteiger partial charge in [0.1, 0.15) is 35.4 Å². The van der Waals surface area contributed by atoms with Crippen molar-refractivity contribution in [1.82, 2.24) is 4.90 Å². The number of rotatable bonds is 6. The number of hydrogen-bond acceptors (Lipinski definition) is 6. The van der Waals surface area contributed by atoms with Gasteiger partial charge in [-0.2, -0.15) is 13.2 Å². The molecule has 6 nitrogen and oxygen atoms in total. The summed E-state index contributed by atoms with van der Waals surface area (Å²) in [6, 6.07) is 14.8. The van der Waals surface area contributed by atoms with Gasteiger partial charge >= 0.3 is 6.18 Å². The molecule has 37 heavy (non-hydrogen) atoms. The van der Waals surface area contributed by atoms with Gasteiger partial charge in [-0.3, -0.25) is 9.69 Å². The van der Waals surface area contributed by atoms with Crippen LogP contribution in [-0.2, 0) is 19.1 Å². The van der Waals surface area contributed by atoms with Gasteiger partial charge in [0.25, 0.3) is 5.76 Å². The first-order valence-corrected chi connectivity index (χ1v) is 11.3. The molecule has 0 unspecified atom stereocenters. The van der Waals surface area contributed by atoms with E-state index in [9.17, 15) is 22.4 Å². The minimum Gasteiger partial charge on any atom is -0.497 e. The predicted octanol–water partition coefficient (Wildman–Crippen LogP) is 6.15. The Labute approximate surface area is 208 Å². The highest BCUT2D eigenvalue weighted by molar-refractivity contribution is 5.84. The van der Waals surface area contributed by atoms with Gasteiger partial charge in [-0.05, 0) is 60.5 Å². The highest BCUT2D eigenvalue weighted by Crippen LogP contribution is 2.41. The first kappa shape index (κ1) is 24.6. The quantitative estimate of drug-likeness (QED) is 0.287. The van der Waals surface area contributed by atoms with E-state index in [1.165, 1.54) is 55.6 Å². The molecule has 0 amide bonds. The molecule has 10 heteroatoms. The molecule has 0 fully saturated rings. The van der Waals surface area contributed by atoms with Crippen LogP contribution in [0.1, 0.15) is 16.9 Å². The molecular weight excluding hydrogens is 494 g/mol. The van der Waals surface area contributed by atoms with Gasteiger partial charge in [-0.25, -0.2) is 4.39 Å². The third kappa shape index (κ3) is 5.10. The third-order valence-corrected chi connectivity index (χ3v) is 6.03. The summed E-state index contributed by atoms with van der Waals surface area (Å²) >= 11 is 0. The molecule has 0 N–H and O–H groups in total. The standard InChI is InChI=1S/C27H21F4NO5/c1-34-18-6-8-19(9-7-18)36-25-23(33)20-10-11-22-21(24(20)37-26(25)27(29,30)31)14-32(15-35-22)13-12-16-2-4-17(28)5-3-16/h2-11H,12-15H2,1H3. The lowest BCUT2D eigenvalue weighted by atomic mass is 10.1. The number of methoxy groups -OCH3 is 1. The van der Waals surface area contributed by atoms with E-state index in [0.29, 0.717) is 30.0 Å². The molecule has 2 heterocycles. The summed E-state index contributed by atoms with van der Waals surface area (Å²) in [5.41, 5.74) is 0.0804. The van der Waals surface area contributed by atoms with E-state index >= 15 is 0 Å². The van der Waals surface area contributed by atoms with Crippen LogP contribution >= 0.6 is 0 Å². The fourth-order valence-electron chi connectivity index (χ4n) is 4.12. The second kappa shape index (κ2) is 9.78. The Morgan fingerprint density at radius 2 is 1.68 bits per heavy atom. The SMILES string of the molecule is COc1ccc(Oc2c(C(F)(F)F)oc3c4c(ccc3c2=O)OCN(CCc2ccc(F)cc2)C4)cc1. The summed E-state index contributed by atoms with van der Waals surface area (Å²) in [7, 11) is 1.45. The van der Waals surface area contributed by atoms with Crippen LogP contribution in [-0.4, -0.2) is 25.3 Å². The highest BCUT2D eigenvalue weighted by atomic mass is 19.4. The minimum atomic E-state index is -4.99. The maximum atomic E-state index is 14.0. The number of fused-ring (bicyclic) bond motifs is 3. The van der Waals surface area contributed by atoms with Crippen molar-refractivity contribution in [3.63, 3.8) is 0 Å². The Morgan fingerprint density at radius 1 is 0.973 bits per heavy atom. The van der Waals surface area contributed by atoms with E-state index in [2.05, 4.69) is 0 Å². The molecule has 0 radical (unpaired) electrons. The topological polar surface area (TPSA) is 61.1 Å². The molecule has 1 aliphatic rings. The van der Waals surface area contributed by atoms with Crippen LogP contribution in [0.25, 0.3) is 11.0 Å². The number of ether oxygens (including phenoxy) is 3. The lowest BCUT2D eigenvalue weighted by Gasteiger charge is -2.29. The van der Waals surface area contributed by atoms with Crippen LogP contribution in [0.5, 0.6) is 23.0 Å². The Balaban J connectivity index is 1.50. The molecule has 0 aliphatic carbocycles. The molecular formula is C27H21F4NO5. The van der Waals surface area contributed by atoms with Gasteiger partial charge < -0.3 is 18.6 Å². The average Bonchev–Trinajstić information content (AvgIpc) is 2.89. The van der Waals surface area contributed by atoms with E-state index in [-0.39, 0.29) is 35.8 Å². The fourth-order valence-corrected chi connectivity index (χ4v) is 4.12. The first-order chi connectivity index (χ1) is 17.7. The van der Waals surface area contributed by atoms with Crippen LogP contribution in [0.2, 0.25) is 0 Å². The van der Waals surface area contributed by atoms with Gasteiger partial charge in [-0.15, -0.1) is 0 Å². The highest BCUT2D eigenvalue weighted by Gasteiger charge is 2.41. The monoisotopic (exact) mass is 515 g/mol. The van der Waals surface area contributed by atoms with Gasteiger partial charge in [0.15, 0.2) is 0 Å². The summed E-state index contributed by atoms with van der Waals surface area (Å²) in [4.78, 5) is 15.1. The molecule has 192 valence electrons. The van der Waals surface area contributed by atoms with Gasteiger partial charge in [0.05, 0.1) is 18.1 Å². The van der Waals surface area contributed by atoms with E-state index in [1.807, 2.05) is 4.90 Å². The minimum absolute atomic E-state index is 0.0196. The first-order valence-electron chi connectivity index (χ1n) is 11.3. The predicted molar refractivity (Wildman–Crippen MR) is 127 cm³/mol. The van der Waals surface area contributed by atoms with Crippen LogP contribution in [0.15, 0.2) is 69.9 Å². The summed E-state index contributed by atoms with van der Waals surface area (Å²) < 4.78 is 76.8. The largest absolute Gasteiger partial charge is 0.497 e. The zero-order valence-corrected chi connectivity index (χ0v) is 19.6. The number of nitrogens with zero attached hydrogens (tertiary/aromatic N) is 1. The lowest BCUT2D eigenvalue weighted by molar-refractivity contribution is -0.154. The molecule has 1 aliphatic heterocycles. The zero-order valence-electron chi connectivity index (χ0n) is 19.6. The molecule has 3 aromatic carbocycles. The van der Waals surface area contributed by atoms with Crippen molar-refractivity contribution >= 4 is 11.0 Å². The van der Waals surface area contributed by atoms with Crippen molar-refractivity contribution in [3.05, 3.63) is 93.6 Å². The molecule has 0 bridgehead atoms. The molecule has 0 saturated heterocycles. The second-order valence-corrected chi connectivity index (χ2v) is 8.49. The number of halogens is 4. The Morgan fingerprint density at radius 3 is 2.35 bits per heavy atom.